The standard InChI is InChI=1S/C15H17N3O5/c1-2-23-12-6-3-9(7-11(12)15(21)22)8-16-18-14(20)13(19)17-10-4-5-10/h3,6-8,10H,2,4-5H2,1H3,(H,17,19)(H,18,20)(H,21,22)/b16-8-. The van der Waals surface area contributed by atoms with Crippen molar-refractivity contribution in [2.75, 3.05) is 6.61 Å². The molecule has 2 amide bonds. The first-order chi connectivity index (χ1) is 11.0. The summed E-state index contributed by atoms with van der Waals surface area (Å²) in [6.07, 6.45) is 3.02. The minimum absolute atomic E-state index is 0.00592. The van der Waals surface area contributed by atoms with Crippen LogP contribution in [0.4, 0.5) is 0 Å². The summed E-state index contributed by atoms with van der Waals surface area (Å²) in [5, 5.41) is 15.3. The number of ether oxygens (including phenoxy) is 1. The van der Waals surface area contributed by atoms with Crippen LogP contribution in [0.3, 0.4) is 0 Å². The molecule has 0 aliphatic heterocycles. The lowest BCUT2D eigenvalue weighted by Crippen LogP contribution is -2.38. The molecule has 0 saturated heterocycles. The number of carbonyl (C=O) groups is 3. The minimum Gasteiger partial charge on any atom is -0.493 e. The Morgan fingerprint density at radius 2 is 2.09 bits per heavy atom. The second kappa shape index (κ2) is 7.39. The fourth-order valence-corrected chi connectivity index (χ4v) is 1.77. The highest BCUT2D eigenvalue weighted by Crippen LogP contribution is 2.20. The molecule has 3 N–H and O–H groups in total. The third kappa shape index (κ3) is 4.80. The molecule has 122 valence electrons. The molecule has 1 aliphatic carbocycles. The molecule has 0 radical (unpaired) electrons. The molecule has 23 heavy (non-hydrogen) atoms. The van der Waals surface area contributed by atoms with E-state index in [-0.39, 0.29) is 17.4 Å². The van der Waals surface area contributed by atoms with Crippen LogP contribution in [0.15, 0.2) is 23.3 Å². The van der Waals surface area contributed by atoms with E-state index in [2.05, 4.69) is 15.8 Å². The zero-order valence-corrected chi connectivity index (χ0v) is 12.5. The summed E-state index contributed by atoms with van der Waals surface area (Å²) >= 11 is 0. The van der Waals surface area contributed by atoms with Crippen LogP contribution in [0.2, 0.25) is 0 Å². The van der Waals surface area contributed by atoms with Crippen molar-refractivity contribution in [3.8, 4) is 5.75 Å². The van der Waals surface area contributed by atoms with Gasteiger partial charge in [0.1, 0.15) is 11.3 Å². The highest BCUT2D eigenvalue weighted by Gasteiger charge is 2.26. The van der Waals surface area contributed by atoms with Crippen LogP contribution in [-0.2, 0) is 9.59 Å². The van der Waals surface area contributed by atoms with E-state index in [1.807, 2.05) is 0 Å². The maximum absolute atomic E-state index is 11.5. The fraction of sp³-hybridized carbons (Fsp3) is 0.333. The number of carboxylic acid groups (broad SMARTS) is 1. The van der Waals surface area contributed by atoms with Crippen LogP contribution in [-0.4, -0.2) is 41.8 Å². The number of rotatable bonds is 6. The van der Waals surface area contributed by atoms with Gasteiger partial charge in [0.25, 0.3) is 0 Å². The average molecular weight is 319 g/mol. The molecule has 1 aromatic rings. The molecule has 0 aromatic heterocycles. The Labute approximate surface area is 132 Å². The molecule has 0 spiro atoms. The summed E-state index contributed by atoms with van der Waals surface area (Å²) in [7, 11) is 0. The lowest BCUT2D eigenvalue weighted by atomic mass is 10.1. The van der Waals surface area contributed by atoms with Crippen molar-refractivity contribution < 1.29 is 24.2 Å². The minimum atomic E-state index is -1.13. The number of amides is 2. The zero-order chi connectivity index (χ0) is 16.8. The third-order valence-corrected chi connectivity index (χ3v) is 3.03. The number of carbonyl (C=O) groups excluding carboxylic acids is 2. The summed E-state index contributed by atoms with van der Waals surface area (Å²) in [5.41, 5.74) is 2.54. The van der Waals surface area contributed by atoms with Crippen molar-refractivity contribution in [1.29, 1.82) is 0 Å². The Bertz CT molecular complexity index is 653. The van der Waals surface area contributed by atoms with E-state index >= 15 is 0 Å². The van der Waals surface area contributed by atoms with Crippen LogP contribution in [0.5, 0.6) is 5.75 Å². The van der Waals surface area contributed by atoms with Gasteiger partial charge >= 0.3 is 17.8 Å². The first-order valence-corrected chi connectivity index (χ1v) is 7.15. The van der Waals surface area contributed by atoms with Crippen molar-refractivity contribution in [3.05, 3.63) is 29.3 Å². The van der Waals surface area contributed by atoms with Gasteiger partial charge in [-0.05, 0) is 43.5 Å². The lowest BCUT2D eigenvalue weighted by Gasteiger charge is -2.07. The number of nitrogens with zero attached hydrogens (tertiary/aromatic N) is 1. The van der Waals surface area contributed by atoms with Gasteiger partial charge in [0.2, 0.25) is 0 Å². The number of benzene rings is 1. The van der Waals surface area contributed by atoms with Gasteiger partial charge in [-0.3, -0.25) is 9.59 Å². The number of carboxylic acids is 1. The SMILES string of the molecule is CCOc1ccc(/C=N\NC(=O)C(=O)NC2CC2)cc1C(=O)O. The van der Waals surface area contributed by atoms with Gasteiger partial charge in [0.05, 0.1) is 12.8 Å². The predicted molar refractivity (Wildman–Crippen MR) is 81.5 cm³/mol. The molecule has 1 fully saturated rings. The Kier molecular flexibility index (Phi) is 5.29. The predicted octanol–water partition coefficient (Wildman–Crippen LogP) is 0.512. The molecule has 2 rings (SSSR count). The first-order valence-electron chi connectivity index (χ1n) is 7.15. The van der Waals surface area contributed by atoms with Crippen molar-refractivity contribution in [1.82, 2.24) is 10.7 Å². The number of hydrazone groups is 1. The maximum Gasteiger partial charge on any atom is 0.339 e. The van der Waals surface area contributed by atoms with Crippen LogP contribution < -0.4 is 15.5 Å². The molecule has 8 nitrogen and oxygen atoms in total. The zero-order valence-electron chi connectivity index (χ0n) is 12.5. The summed E-state index contributed by atoms with van der Waals surface area (Å²) < 4.78 is 5.22. The van der Waals surface area contributed by atoms with Gasteiger partial charge in [-0.1, -0.05) is 0 Å². The van der Waals surface area contributed by atoms with Gasteiger partial charge in [-0.25, -0.2) is 10.2 Å². The van der Waals surface area contributed by atoms with Crippen LogP contribution in [0.1, 0.15) is 35.7 Å². The number of aromatic carboxylic acids is 1. The lowest BCUT2D eigenvalue weighted by molar-refractivity contribution is -0.139. The second-order valence-electron chi connectivity index (χ2n) is 4.94. The Balaban J connectivity index is 1.98. The van der Waals surface area contributed by atoms with E-state index in [1.165, 1.54) is 18.3 Å². The molecule has 0 bridgehead atoms. The monoisotopic (exact) mass is 319 g/mol. The van der Waals surface area contributed by atoms with E-state index in [9.17, 15) is 14.4 Å². The van der Waals surface area contributed by atoms with Crippen molar-refractivity contribution in [3.63, 3.8) is 0 Å². The number of hydrogen-bond donors (Lipinski definition) is 3. The highest BCUT2D eigenvalue weighted by atomic mass is 16.5. The summed E-state index contributed by atoms with van der Waals surface area (Å²) in [5.74, 6) is -2.47. The molecule has 1 aliphatic rings. The van der Waals surface area contributed by atoms with Gasteiger partial charge in [0, 0.05) is 6.04 Å². The van der Waals surface area contributed by atoms with Crippen molar-refractivity contribution in [2.24, 2.45) is 5.10 Å². The topological polar surface area (TPSA) is 117 Å². The second-order valence-corrected chi connectivity index (χ2v) is 4.94. The van der Waals surface area contributed by atoms with Crippen molar-refractivity contribution >= 4 is 24.0 Å². The van der Waals surface area contributed by atoms with Crippen LogP contribution in [0.25, 0.3) is 0 Å². The molecule has 8 heteroatoms. The van der Waals surface area contributed by atoms with Crippen LogP contribution >= 0.6 is 0 Å². The quantitative estimate of drug-likeness (QED) is 0.401. The van der Waals surface area contributed by atoms with E-state index in [0.717, 1.165) is 12.8 Å². The molecule has 0 unspecified atom stereocenters. The summed E-state index contributed by atoms with van der Waals surface area (Å²) in [6, 6.07) is 4.56. The molecular formula is C15H17N3O5. The highest BCUT2D eigenvalue weighted by molar-refractivity contribution is 6.35. The largest absolute Gasteiger partial charge is 0.493 e. The van der Waals surface area contributed by atoms with Crippen molar-refractivity contribution in [2.45, 2.75) is 25.8 Å². The number of hydrogen-bond acceptors (Lipinski definition) is 5. The fourth-order valence-electron chi connectivity index (χ4n) is 1.77. The van der Waals surface area contributed by atoms with Gasteiger partial charge < -0.3 is 15.2 Å². The first kappa shape index (κ1) is 16.5. The van der Waals surface area contributed by atoms with Gasteiger partial charge in [-0.2, -0.15) is 5.10 Å². The Hall–Kier alpha value is -2.90. The maximum atomic E-state index is 11.5. The molecule has 0 heterocycles. The van der Waals surface area contributed by atoms with E-state index in [4.69, 9.17) is 9.84 Å². The number of nitrogens with one attached hydrogen (secondary N) is 2. The van der Waals surface area contributed by atoms with Gasteiger partial charge in [0.15, 0.2) is 0 Å². The third-order valence-electron chi connectivity index (χ3n) is 3.03. The Morgan fingerprint density at radius 3 is 2.70 bits per heavy atom. The average Bonchev–Trinajstić information content (AvgIpc) is 3.32. The Morgan fingerprint density at radius 1 is 1.35 bits per heavy atom. The van der Waals surface area contributed by atoms with E-state index < -0.39 is 17.8 Å². The molecule has 1 aromatic carbocycles. The molecule has 0 atom stereocenters. The van der Waals surface area contributed by atoms with Gasteiger partial charge in [-0.15, -0.1) is 0 Å². The molecule has 1 saturated carbocycles. The van der Waals surface area contributed by atoms with E-state index in [1.54, 1.807) is 13.0 Å². The van der Waals surface area contributed by atoms with E-state index in [0.29, 0.717) is 12.2 Å². The normalized spacial score (nSPS) is 13.6. The molecular weight excluding hydrogens is 302 g/mol. The smallest absolute Gasteiger partial charge is 0.339 e. The summed E-state index contributed by atoms with van der Waals surface area (Å²) in [4.78, 5) is 34.0. The summed E-state index contributed by atoms with van der Waals surface area (Å²) in [6.45, 7) is 2.10. The van der Waals surface area contributed by atoms with Crippen LogP contribution in [0, 0.1) is 0 Å².